The van der Waals surface area contributed by atoms with Crippen LogP contribution in [0.4, 0.5) is 0 Å². The molecular weight excluding hydrogens is 661 g/mol. The molecule has 55 heavy (non-hydrogen) atoms. The van der Waals surface area contributed by atoms with Gasteiger partial charge in [-0.2, -0.15) is 0 Å². The number of hydrogen-bond acceptors (Lipinski definition) is 0. The minimum atomic E-state index is -0.544. The van der Waals surface area contributed by atoms with Crippen molar-refractivity contribution >= 4 is 32.3 Å². The molecule has 0 heterocycles. The molecule has 0 spiro atoms. The molecule has 0 fully saturated rings. The van der Waals surface area contributed by atoms with Crippen LogP contribution >= 0.6 is 0 Å². The van der Waals surface area contributed by atoms with E-state index in [1.165, 1.54) is 99.1 Å². The second-order valence-electron chi connectivity index (χ2n) is 14.8. The van der Waals surface area contributed by atoms with Crippen LogP contribution in [-0.4, -0.2) is 0 Å². The molecule has 256 valence electrons. The SMILES string of the molecule is c1ccc(-c2cc3c(c4ccccc24)-c2ccc(-c4ccc(-c5ccc6ccccc6c5)c5ccccc45)cc2C3(c2ccccc2)c2ccccc2)cc1. The van der Waals surface area contributed by atoms with Gasteiger partial charge in [0.2, 0.25) is 0 Å². The molecule has 0 aliphatic heterocycles. The van der Waals surface area contributed by atoms with Crippen LogP contribution in [0.5, 0.6) is 0 Å². The molecule has 0 saturated carbocycles. The van der Waals surface area contributed by atoms with Crippen LogP contribution in [0, 0.1) is 0 Å². The van der Waals surface area contributed by atoms with Crippen molar-refractivity contribution in [2.45, 2.75) is 5.41 Å². The minimum Gasteiger partial charge on any atom is -0.0622 e. The van der Waals surface area contributed by atoms with Crippen LogP contribution in [0.1, 0.15) is 22.3 Å². The Morgan fingerprint density at radius 3 is 1.36 bits per heavy atom. The molecule has 0 bridgehead atoms. The lowest BCUT2D eigenvalue weighted by atomic mass is 9.67. The van der Waals surface area contributed by atoms with Crippen molar-refractivity contribution < 1.29 is 0 Å². The maximum Gasteiger partial charge on any atom is 0.0714 e. The van der Waals surface area contributed by atoms with Crippen molar-refractivity contribution in [3.8, 4) is 44.5 Å². The zero-order valence-corrected chi connectivity index (χ0v) is 30.3. The summed E-state index contributed by atoms with van der Waals surface area (Å²) in [6, 6.07) is 81.0. The summed E-state index contributed by atoms with van der Waals surface area (Å²) >= 11 is 0. The molecule has 0 unspecified atom stereocenters. The third-order valence-electron chi connectivity index (χ3n) is 11.9. The van der Waals surface area contributed by atoms with Gasteiger partial charge in [0.25, 0.3) is 0 Å². The summed E-state index contributed by atoms with van der Waals surface area (Å²) < 4.78 is 0. The van der Waals surface area contributed by atoms with E-state index in [9.17, 15) is 0 Å². The standard InChI is InChI=1S/C55H36/c1-4-17-38(18-5-1)51-36-53-54(49-27-15-14-26-48(49)51)50-31-30-41(35-52(50)55(53,42-20-6-2-7-21-42)43-22-8-3-9-23-43)45-33-32-44(46-24-12-13-25-47(45)46)40-29-28-37-16-10-11-19-39(37)34-40/h1-36H. The molecule has 1 aliphatic carbocycles. The average molecular weight is 697 g/mol. The highest BCUT2D eigenvalue weighted by Crippen LogP contribution is 2.59. The van der Waals surface area contributed by atoms with E-state index in [0.29, 0.717) is 0 Å². The van der Waals surface area contributed by atoms with Gasteiger partial charge in [-0.15, -0.1) is 0 Å². The quantitative estimate of drug-likeness (QED) is 0.168. The van der Waals surface area contributed by atoms with Gasteiger partial charge in [0.05, 0.1) is 5.41 Å². The van der Waals surface area contributed by atoms with E-state index in [1.807, 2.05) is 0 Å². The molecule has 0 radical (unpaired) electrons. The predicted octanol–water partition coefficient (Wildman–Crippen LogP) is 14.5. The van der Waals surface area contributed by atoms with Crippen molar-refractivity contribution in [3.63, 3.8) is 0 Å². The fourth-order valence-corrected chi connectivity index (χ4v) is 9.53. The summed E-state index contributed by atoms with van der Waals surface area (Å²) in [5.74, 6) is 0. The van der Waals surface area contributed by atoms with Gasteiger partial charge < -0.3 is 0 Å². The molecule has 10 aromatic rings. The van der Waals surface area contributed by atoms with Gasteiger partial charge in [0.15, 0.2) is 0 Å². The van der Waals surface area contributed by atoms with Gasteiger partial charge in [-0.05, 0) is 117 Å². The molecule has 0 saturated heterocycles. The molecular formula is C55H36. The van der Waals surface area contributed by atoms with Crippen LogP contribution in [0.3, 0.4) is 0 Å². The van der Waals surface area contributed by atoms with Gasteiger partial charge in [-0.25, -0.2) is 0 Å². The molecule has 0 amide bonds. The number of fused-ring (bicyclic) bond motifs is 7. The highest BCUT2D eigenvalue weighted by molar-refractivity contribution is 6.11. The summed E-state index contributed by atoms with van der Waals surface area (Å²) in [5.41, 5.74) is 14.7. The maximum atomic E-state index is 2.50. The summed E-state index contributed by atoms with van der Waals surface area (Å²) in [5, 5.41) is 7.59. The van der Waals surface area contributed by atoms with Gasteiger partial charge in [-0.1, -0.05) is 200 Å². The molecule has 1 aliphatic rings. The molecule has 0 N–H and O–H groups in total. The predicted molar refractivity (Wildman–Crippen MR) is 233 cm³/mol. The van der Waals surface area contributed by atoms with Gasteiger partial charge in [0.1, 0.15) is 0 Å². The second kappa shape index (κ2) is 12.5. The Hall–Kier alpha value is -7.02. The molecule has 0 heteroatoms. The average Bonchev–Trinajstić information content (AvgIpc) is 3.57. The van der Waals surface area contributed by atoms with Crippen molar-refractivity contribution in [2.75, 3.05) is 0 Å². The molecule has 10 aromatic carbocycles. The van der Waals surface area contributed by atoms with Crippen LogP contribution in [-0.2, 0) is 5.41 Å². The fourth-order valence-electron chi connectivity index (χ4n) is 9.53. The Balaban J connectivity index is 1.21. The monoisotopic (exact) mass is 696 g/mol. The molecule has 0 aromatic heterocycles. The van der Waals surface area contributed by atoms with Crippen molar-refractivity contribution in [2.24, 2.45) is 0 Å². The molecule has 11 rings (SSSR count). The first-order valence-corrected chi connectivity index (χ1v) is 19.2. The van der Waals surface area contributed by atoms with Gasteiger partial charge in [0, 0.05) is 0 Å². The van der Waals surface area contributed by atoms with Crippen molar-refractivity contribution in [1.82, 2.24) is 0 Å². The summed E-state index contributed by atoms with van der Waals surface area (Å²) in [7, 11) is 0. The summed E-state index contributed by atoms with van der Waals surface area (Å²) in [4.78, 5) is 0. The normalized spacial score (nSPS) is 12.9. The van der Waals surface area contributed by atoms with Crippen molar-refractivity contribution in [3.05, 3.63) is 241 Å². The zero-order valence-electron chi connectivity index (χ0n) is 30.3. The Morgan fingerprint density at radius 1 is 0.255 bits per heavy atom. The lowest BCUT2D eigenvalue weighted by molar-refractivity contribution is 0.769. The highest BCUT2D eigenvalue weighted by atomic mass is 14.5. The second-order valence-corrected chi connectivity index (χ2v) is 14.8. The van der Waals surface area contributed by atoms with Gasteiger partial charge in [-0.3, -0.25) is 0 Å². The largest absolute Gasteiger partial charge is 0.0714 e. The Morgan fingerprint density at radius 2 is 0.727 bits per heavy atom. The van der Waals surface area contributed by atoms with Crippen LogP contribution in [0.15, 0.2) is 218 Å². The van der Waals surface area contributed by atoms with E-state index in [2.05, 4.69) is 218 Å². The van der Waals surface area contributed by atoms with Crippen LogP contribution in [0.2, 0.25) is 0 Å². The Labute approximate surface area is 321 Å². The Bertz CT molecular complexity index is 3030. The lowest BCUT2D eigenvalue weighted by Crippen LogP contribution is -2.28. The van der Waals surface area contributed by atoms with Crippen LogP contribution in [0.25, 0.3) is 76.8 Å². The van der Waals surface area contributed by atoms with E-state index in [4.69, 9.17) is 0 Å². The van der Waals surface area contributed by atoms with E-state index in [1.54, 1.807) is 0 Å². The van der Waals surface area contributed by atoms with E-state index >= 15 is 0 Å². The number of benzene rings is 10. The van der Waals surface area contributed by atoms with E-state index in [0.717, 1.165) is 0 Å². The molecule has 0 atom stereocenters. The van der Waals surface area contributed by atoms with Gasteiger partial charge >= 0.3 is 0 Å². The highest BCUT2D eigenvalue weighted by Gasteiger charge is 2.47. The maximum absolute atomic E-state index is 2.50. The first kappa shape index (κ1) is 31.5. The zero-order chi connectivity index (χ0) is 36.3. The first-order chi connectivity index (χ1) is 27.3. The number of rotatable bonds is 5. The first-order valence-electron chi connectivity index (χ1n) is 19.2. The summed E-state index contributed by atoms with van der Waals surface area (Å²) in [6.07, 6.45) is 0. The topological polar surface area (TPSA) is 0 Å². The Kier molecular flexibility index (Phi) is 7.19. The minimum absolute atomic E-state index is 0.544. The van der Waals surface area contributed by atoms with Crippen molar-refractivity contribution in [1.29, 1.82) is 0 Å². The summed E-state index contributed by atoms with van der Waals surface area (Å²) in [6.45, 7) is 0. The lowest BCUT2D eigenvalue weighted by Gasteiger charge is -2.34. The molecule has 0 nitrogen and oxygen atoms in total. The fraction of sp³-hybridized carbons (Fsp3) is 0.0182. The smallest absolute Gasteiger partial charge is 0.0622 e. The third-order valence-corrected chi connectivity index (χ3v) is 11.9. The van der Waals surface area contributed by atoms with Crippen LogP contribution < -0.4 is 0 Å². The number of hydrogen-bond donors (Lipinski definition) is 0. The van der Waals surface area contributed by atoms with E-state index in [-0.39, 0.29) is 0 Å². The third kappa shape index (κ3) is 4.78. The van der Waals surface area contributed by atoms with E-state index < -0.39 is 5.41 Å².